The predicted octanol–water partition coefficient (Wildman–Crippen LogP) is 15.4. The first kappa shape index (κ1) is 46.7. The molecule has 0 bridgehead atoms. The van der Waals surface area contributed by atoms with Crippen molar-refractivity contribution in [2.24, 2.45) is 0 Å². The van der Waals surface area contributed by atoms with E-state index in [2.05, 4.69) is 267 Å². The first-order valence-electron chi connectivity index (χ1n) is 25.9. The van der Waals surface area contributed by atoms with Gasteiger partial charge in [-0.3, -0.25) is 0 Å². The van der Waals surface area contributed by atoms with Gasteiger partial charge in [-0.05, 0) is 121 Å². The lowest BCUT2D eigenvalue weighted by molar-refractivity contribution is 0.550. The molecule has 0 saturated heterocycles. The minimum Gasteiger partial charge on any atom is -0.456 e. The largest absolute Gasteiger partial charge is 0.456 e. The molecule has 0 radical (unpaired) electrons. The zero-order valence-corrected chi connectivity index (χ0v) is 44.6. The van der Waals surface area contributed by atoms with E-state index in [0.717, 1.165) is 79.4 Å². The van der Waals surface area contributed by atoms with Crippen molar-refractivity contribution >= 4 is 58.4 Å². The smallest absolute Gasteiger partial charge is 0.209 e. The van der Waals surface area contributed by atoms with Gasteiger partial charge < -0.3 is 18.6 Å². The zero-order chi connectivity index (χ0) is 51.0. The summed E-state index contributed by atoms with van der Waals surface area (Å²) in [5.41, 5.74) is 16.3. The second kappa shape index (κ2) is 18.7. The highest BCUT2D eigenvalue weighted by Gasteiger charge is 2.46. The standard InChI is InChI=1S/C67H56N4O2S2/c1-7-70(49-33-35-53-43(3)37-51(72-61(53)39-49)41-65-68(5)59-21-13-15-23-63(59)74-65)47-29-25-45(26-30-47)67(57-19-11-9-17-55(57)56-18-10-12-20-58(56)67)46-27-31-48(32-28-46)71(8-2)50-34-36-54-44(4)38-52(73-62(54)40-50)42-66-69(6)60-22-14-16-24-64(60)75-66/h9-42H,7-8H2,1-6H3/q+2. The Hall–Kier alpha value is -8.04. The van der Waals surface area contributed by atoms with Gasteiger partial charge in [-0.25, -0.2) is 0 Å². The van der Waals surface area contributed by atoms with E-state index in [4.69, 9.17) is 8.83 Å². The molecule has 0 spiro atoms. The first-order chi connectivity index (χ1) is 36.7. The number of fused-ring (bicyclic) bond motifs is 7. The number of anilines is 2. The van der Waals surface area contributed by atoms with Crippen molar-refractivity contribution in [3.05, 3.63) is 260 Å². The highest BCUT2D eigenvalue weighted by molar-refractivity contribution is 8.04. The number of benzene rings is 8. The van der Waals surface area contributed by atoms with Crippen molar-refractivity contribution in [2.75, 3.05) is 37.0 Å². The van der Waals surface area contributed by atoms with Gasteiger partial charge >= 0.3 is 0 Å². The summed E-state index contributed by atoms with van der Waals surface area (Å²) >= 11 is 3.55. The van der Waals surface area contributed by atoms with E-state index in [1.165, 1.54) is 65.7 Å². The van der Waals surface area contributed by atoms with Gasteiger partial charge in [0, 0.05) is 83.6 Å². The molecule has 75 heavy (non-hydrogen) atoms. The molecular weight excluding hydrogens is 957 g/mol. The molecule has 366 valence electrons. The van der Waals surface area contributed by atoms with Crippen molar-refractivity contribution in [1.82, 2.24) is 9.15 Å². The fourth-order valence-electron chi connectivity index (χ4n) is 11.8. The highest BCUT2D eigenvalue weighted by atomic mass is 32.2. The molecule has 3 aliphatic carbocycles. The Morgan fingerprint density at radius 2 is 0.853 bits per heavy atom. The van der Waals surface area contributed by atoms with Crippen LogP contribution in [0.2, 0.25) is 0 Å². The van der Waals surface area contributed by atoms with Crippen molar-refractivity contribution in [3.8, 4) is 33.8 Å². The average Bonchev–Trinajstić information content (AvgIpc) is 4.12. The number of thioether (sulfide) groups is 2. The summed E-state index contributed by atoms with van der Waals surface area (Å²) < 4.78 is 18.1. The summed E-state index contributed by atoms with van der Waals surface area (Å²) in [6.45, 7) is 10.4. The monoisotopic (exact) mass is 1010 g/mol. The van der Waals surface area contributed by atoms with Gasteiger partial charge in [-0.15, -0.1) is 0 Å². The van der Waals surface area contributed by atoms with E-state index >= 15 is 0 Å². The lowest BCUT2D eigenvalue weighted by Gasteiger charge is -2.33. The third-order valence-electron chi connectivity index (χ3n) is 15.5. The molecule has 4 aliphatic heterocycles. The Balaban J connectivity index is 0.880. The molecule has 6 nitrogen and oxygen atoms in total. The van der Waals surface area contributed by atoms with E-state index in [1.807, 2.05) is 0 Å². The lowest BCUT2D eigenvalue weighted by atomic mass is 9.67. The number of nitrogens with zero attached hydrogens (tertiary/aromatic N) is 4. The van der Waals surface area contributed by atoms with Gasteiger partial charge in [0.25, 0.3) is 0 Å². The fraction of sp³-hybridized carbons (Fsp3) is 0.134. The normalized spacial score (nSPS) is 16.1. The molecular formula is C67H56N4O2S2+2. The summed E-state index contributed by atoms with van der Waals surface area (Å²) in [6.07, 6.45) is 4.32. The molecule has 8 heteroatoms. The quantitative estimate of drug-likeness (QED) is 0.141. The van der Waals surface area contributed by atoms with Crippen LogP contribution >= 0.6 is 23.5 Å². The van der Waals surface area contributed by atoms with E-state index < -0.39 is 5.41 Å². The van der Waals surface area contributed by atoms with Crippen LogP contribution in [-0.2, 0) is 5.41 Å². The van der Waals surface area contributed by atoms with Gasteiger partial charge in [0.2, 0.25) is 22.1 Å². The van der Waals surface area contributed by atoms with Crippen molar-refractivity contribution in [1.29, 1.82) is 0 Å². The van der Waals surface area contributed by atoms with Crippen LogP contribution in [0.25, 0.3) is 45.9 Å². The second-order valence-corrected chi connectivity index (χ2v) is 21.8. The van der Waals surface area contributed by atoms with Crippen LogP contribution in [-0.4, -0.2) is 27.2 Å². The molecule has 0 saturated carbocycles. The summed E-state index contributed by atoms with van der Waals surface area (Å²) in [4.78, 5) is 6.99. The summed E-state index contributed by atoms with van der Waals surface area (Å²) in [7, 11) is 4.24. The van der Waals surface area contributed by atoms with E-state index in [9.17, 15) is 0 Å². The van der Waals surface area contributed by atoms with Crippen LogP contribution in [0.3, 0.4) is 0 Å². The average molecular weight is 1010 g/mol. The zero-order valence-electron chi connectivity index (χ0n) is 43.0. The lowest BCUT2D eigenvalue weighted by Crippen LogP contribution is -2.29. The second-order valence-electron chi connectivity index (χ2n) is 19.7. The Kier molecular flexibility index (Phi) is 11.7. The maximum Gasteiger partial charge on any atom is 0.209 e. The molecule has 0 aromatic heterocycles. The van der Waals surface area contributed by atoms with Crippen molar-refractivity contribution < 1.29 is 8.83 Å². The third-order valence-corrected chi connectivity index (χ3v) is 17.8. The Labute approximate surface area is 447 Å². The number of aryl methyl sites for hydroxylation is 2. The number of hydrogen-bond acceptors (Lipinski definition) is 6. The molecule has 0 N–H and O–H groups in total. The molecule has 7 aliphatic rings. The Morgan fingerprint density at radius 1 is 0.453 bits per heavy atom. The molecule has 13 rings (SSSR count). The molecule has 0 atom stereocenters. The van der Waals surface area contributed by atoms with Crippen LogP contribution in [0.5, 0.6) is 0 Å². The number of para-hydroxylation sites is 2. The van der Waals surface area contributed by atoms with Crippen LogP contribution in [0, 0.1) is 13.8 Å². The van der Waals surface area contributed by atoms with E-state index in [-0.39, 0.29) is 0 Å². The molecule has 0 fully saturated rings. The SMILES string of the molecule is CC[N+](c1ccc(C2(c3ccc([N+](CC)=c4ccc5c(C)cc(C=C6Sc7ccccc7N6C)oc-5c4)cc3)c3ccccc3-c3ccccc32)cc1)=c1ccc2c(C)cc(C=C3Sc4ccccc4N3C)oc-2c1. The van der Waals surface area contributed by atoms with Gasteiger partial charge in [0.15, 0.2) is 0 Å². The maximum atomic E-state index is 6.70. The Morgan fingerprint density at radius 3 is 1.27 bits per heavy atom. The third kappa shape index (κ3) is 7.80. The van der Waals surface area contributed by atoms with Crippen molar-refractivity contribution in [3.63, 3.8) is 0 Å². The molecule has 0 amide bonds. The maximum absolute atomic E-state index is 6.70. The molecule has 4 heterocycles. The van der Waals surface area contributed by atoms with E-state index in [1.54, 1.807) is 23.5 Å². The summed E-state index contributed by atoms with van der Waals surface area (Å²) in [6, 6.07) is 71.2. The summed E-state index contributed by atoms with van der Waals surface area (Å²) in [5.74, 6) is 3.41. The van der Waals surface area contributed by atoms with Gasteiger partial charge in [-0.2, -0.15) is 9.15 Å². The summed E-state index contributed by atoms with van der Waals surface area (Å²) in [5, 5.41) is 4.46. The number of rotatable bonds is 8. The molecule has 6 aromatic rings. The minimum atomic E-state index is -0.549. The highest BCUT2D eigenvalue weighted by Crippen LogP contribution is 2.56. The fourth-order valence-corrected chi connectivity index (χ4v) is 14.0. The minimum absolute atomic E-state index is 0.549. The van der Waals surface area contributed by atoms with Gasteiger partial charge in [0.05, 0.1) is 39.0 Å². The predicted molar refractivity (Wildman–Crippen MR) is 312 cm³/mol. The van der Waals surface area contributed by atoms with Crippen molar-refractivity contribution in [2.45, 2.75) is 42.9 Å². The van der Waals surface area contributed by atoms with Crippen LogP contribution in [0.15, 0.2) is 223 Å². The van der Waals surface area contributed by atoms with E-state index in [0.29, 0.717) is 0 Å². The Bertz CT molecular complexity index is 3790. The first-order valence-corrected chi connectivity index (χ1v) is 27.5. The van der Waals surface area contributed by atoms with Crippen LogP contribution in [0.4, 0.5) is 22.7 Å². The topological polar surface area (TPSA) is 38.8 Å². The molecule has 0 unspecified atom stereocenters. The molecule has 6 aromatic carbocycles. The van der Waals surface area contributed by atoms with Crippen LogP contribution < -0.4 is 29.7 Å². The van der Waals surface area contributed by atoms with Gasteiger partial charge in [-0.1, -0.05) is 121 Å². The van der Waals surface area contributed by atoms with Gasteiger partial charge in [0.1, 0.15) is 36.1 Å². The van der Waals surface area contributed by atoms with Crippen LogP contribution in [0.1, 0.15) is 58.7 Å². The number of hydrogen-bond donors (Lipinski definition) is 0.